The number of pyridine rings is 2. The van der Waals surface area contributed by atoms with Crippen LogP contribution in [0.5, 0.6) is 5.88 Å². The van der Waals surface area contributed by atoms with Gasteiger partial charge in [-0.3, -0.25) is 14.8 Å². The van der Waals surface area contributed by atoms with Crippen LogP contribution in [0.2, 0.25) is 5.02 Å². The molecule has 0 aliphatic carbocycles. The predicted molar refractivity (Wildman–Crippen MR) is 124 cm³/mol. The molecule has 0 N–H and O–H groups in total. The first-order chi connectivity index (χ1) is 15.9. The molecule has 172 valence electrons. The summed E-state index contributed by atoms with van der Waals surface area (Å²) in [5.74, 6) is 0.0374. The van der Waals surface area contributed by atoms with Crippen molar-refractivity contribution in [1.29, 1.82) is 0 Å². The van der Waals surface area contributed by atoms with Gasteiger partial charge in [0, 0.05) is 43.6 Å². The van der Waals surface area contributed by atoms with Crippen LogP contribution in [-0.4, -0.2) is 73.4 Å². The van der Waals surface area contributed by atoms with E-state index < -0.39 is 11.9 Å². The monoisotopic (exact) mass is 471 g/mol. The number of methoxy groups -OCH3 is 1. The molecule has 1 aromatic carbocycles. The van der Waals surface area contributed by atoms with Crippen molar-refractivity contribution in [2.45, 2.75) is 12.1 Å². The van der Waals surface area contributed by atoms with Crippen molar-refractivity contribution in [2.75, 3.05) is 50.1 Å². The molecule has 8 nitrogen and oxygen atoms in total. The lowest BCUT2D eigenvalue weighted by Crippen LogP contribution is -2.59. The summed E-state index contributed by atoms with van der Waals surface area (Å²) >= 11 is 5.86. The molecule has 2 saturated heterocycles. The summed E-state index contributed by atoms with van der Waals surface area (Å²) in [4.78, 5) is 27.3. The normalized spacial score (nSPS) is 18.7. The van der Waals surface area contributed by atoms with Gasteiger partial charge in [0.25, 0.3) is 0 Å². The van der Waals surface area contributed by atoms with Crippen LogP contribution in [0.4, 0.5) is 20.6 Å². The van der Waals surface area contributed by atoms with Gasteiger partial charge in [-0.25, -0.2) is 14.2 Å². The molecule has 0 radical (unpaired) electrons. The van der Waals surface area contributed by atoms with Crippen molar-refractivity contribution in [2.24, 2.45) is 0 Å². The highest BCUT2D eigenvalue weighted by Crippen LogP contribution is 2.31. The Balaban J connectivity index is 1.21. The molecule has 3 aromatic rings. The second kappa shape index (κ2) is 8.64. The van der Waals surface area contributed by atoms with Crippen molar-refractivity contribution in [1.82, 2.24) is 14.9 Å². The van der Waals surface area contributed by atoms with E-state index in [9.17, 15) is 9.18 Å². The van der Waals surface area contributed by atoms with E-state index in [0.717, 1.165) is 29.8 Å². The van der Waals surface area contributed by atoms with Crippen molar-refractivity contribution >= 4 is 40.1 Å². The summed E-state index contributed by atoms with van der Waals surface area (Å²) in [6.07, 6.45) is 1.06. The highest BCUT2D eigenvalue weighted by Gasteiger charge is 2.37. The molecule has 5 rings (SSSR count). The Morgan fingerprint density at radius 2 is 2.06 bits per heavy atom. The van der Waals surface area contributed by atoms with Crippen LogP contribution in [0, 0.1) is 5.82 Å². The van der Waals surface area contributed by atoms with Crippen LogP contribution in [0.15, 0.2) is 42.6 Å². The Morgan fingerprint density at radius 3 is 2.82 bits per heavy atom. The summed E-state index contributed by atoms with van der Waals surface area (Å²) in [5, 5.41) is -0.0221. The number of carbonyl (C=O) groups excluding carboxylic acids is 1. The minimum atomic E-state index is -0.519. The fourth-order valence-electron chi connectivity index (χ4n) is 4.24. The highest BCUT2D eigenvalue weighted by atomic mass is 35.5. The first-order valence-electron chi connectivity index (χ1n) is 10.6. The minimum Gasteiger partial charge on any atom is -0.481 e. The Labute approximate surface area is 195 Å². The molecule has 1 atom stereocenters. The minimum absolute atomic E-state index is 0.0221. The largest absolute Gasteiger partial charge is 0.481 e. The summed E-state index contributed by atoms with van der Waals surface area (Å²) < 4.78 is 24.3. The van der Waals surface area contributed by atoms with Crippen LogP contribution in [-0.2, 0) is 4.74 Å². The van der Waals surface area contributed by atoms with Gasteiger partial charge in [0.2, 0.25) is 5.88 Å². The maximum Gasteiger partial charge on any atom is 0.414 e. The molecule has 1 amide bonds. The lowest BCUT2D eigenvalue weighted by molar-refractivity contribution is 0.0957. The number of hydrogen-bond acceptors (Lipinski definition) is 7. The third kappa shape index (κ3) is 4.14. The second-order valence-corrected chi connectivity index (χ2v) is 8.67. The number of aromatic nitrogens is 2. The standard InChI is InChI=1S/C23H23ClFN5O3/c1-28(12-16-13-30(23(31)33-16)14-3-4-18(25)17(24)9-14)15-10-29(11-15)20-7-8-26-19-5-6-21(32-2)27-22(19)20/h3-9,15-16H,10-13H2,1-2H3/t16-/m1/s1. The SMILES string of the molecule is COc1ccc2nccc(N3CC(N(C)C[C@@H]4CN(c5ccc(F)c(Cl)c5)C(=O)O4)C3)c2n1. The number of halogens is 2. The molecule has 10 heteroatoms. The van der Waals surface area contributed by atoms with E-state index in [0.29, 0.717) is 30.7 Å². The zero-order chi connectivity index (χ0) is 23.1. The second-order valence-electron chi connectivity index (χ2n) is 8.26. The van der Waals surface area contributed by atoms with Gasteiger partial charge in [-0.2, -0.15) is 0 Å². The van der Waals surface area contributed by atoms with Gasteiger partial charge in [0.1, 0.15) is 17.4 Å². The van der Waals surface area contributed by atoms with Gasteiger partial charge in [-0.05, 0) is 37.4 Å². The van der Waals surface area contributed by atoms with Gasteiger partial charge < -0.3 is 14.4 Å². The average Bonchev–Trinajstić information content (AvgIpc) is 3.14. The maximum atomic E-state index is 13.5. The lowest BCUT2D eigenvalue weighted by Gasteiger charge is -2.45. The van der Waals surface area contributed by atoms with Crippen LogP contribution < -0.4 is 14.5 Å². The van der Waals surface area contributed by atoms with E-state index in [1.807, 2.05) is 19.2 Å². The number of hydrogen-bond donors (Lipinski definition) is 0. The summed E-state index contributed by atoms with van der Waals surface area (Å²) in [6, 6.07) is 10.2. The van der Waals surface area contributed by atoms with Crippen molar-refractivity contribution < 1.29 is 18.7 Å². The number of nitrogens with zero attached hydrogens (tertiary/aromatic N) is 5. The molecular weight excluding hydrogens is 449 g/mol. The van der Waals surface area contributed by atoms with Crippen LogP contribution in [0.25, 0.3) is 11.0 Å². The number of likely N-dealkylation sites (N-methyl/N-ethyl adjacent to an activating group) is 1. The van der Waals surface area contributed by atoms with E-state index in [1.54, 1.807) is 19.4 Å². The molecule has 33 heavy (non-hydrogen) atoms. The molecule has 2 aliphatic heterocycles. The fraction of sp³-hybridized carbons (Fsp3) is 0.348. The summed E-state index contributed by atoms with van der Waals surface area (Å²) in [5.41, 5.74) is 3.19. The van der Waals surface area contributed by atoms with Crippen LogP contribution in [0.3, 0.4) is 0 Å². The van der Waals surface area contributed by atoms with Gasteiger partial charge in [0.05, 0.1) is 29.9 Å². The first kappa shape index (κ1) is 21.7. The van der Waals surface area contributed by atoms with Gasteiger partial charge >= 0.3 is 6.09 Å². The van der Waals surface area contributed by atoms with Gasteiger partial charge in [-0.1, -0.05) is 11.6 Å². The highest BCUT2D eigenvalue weighted by molar-refractivity contribution is 6.31. The molecule has 2 aliphatic rings. The maximum absolute atomic E-state index is 13.5. The number of amides is 1. The smallest absolute Gasteiger partial charge is 0.414 e. The summed E-state index contributed by atoms with van der Waals surface area (Å²) in [6.45, 7) is 2.64. The van der Waals surface area contributed by atoms with Crippen molar-refractivity contribution in [3.05, 3.63) is 53.4 Å². The van der Waals surface area contributed by atoms with Crippen molar-refractivity contribution in [3.63, 3.8) is 0 Å². The molecular formula is C23H23ClFN5O3. The van der Waals surface area contributed by atoms with E-state index in [-0.39, 0.29) is 11.1 Å². The molecule has 0 unspecified atom stereocenters. The lowest BCUT2D eigenvalue weighted by atomic mass is 10.1. The molecule has 2 fully saturated rings. The Kier molecular flexibility index (Phi) is 5.67. The van der Waals surface area contributed by atoms with Crippen LogP contribution >= 0.6 is 11.6 Å². The molecule has 0 bridgehead atoms. The molecule has 0 saturated carbocycles. The number of fused-ring (bicyclic) bond motifs is 1. The number of carbonyl (C=O) groups is 1. The van der Waals surface area contributed by atoms with Gasteiger partial charge in [0.15, 0.2) is 0 Å². The first-order valence-corrected chi connectivity index (χ1v) is 11.0. The molecule has 2 aromatic heterocycles. The predicted octanol–water partition coefficient (Wildman–Crippen LogP) is 3.58. The van der Waals surface area contributed by atoms with E-state index in [4.69, 9.17) is 21.1 Å². The number of cyclic esters (lactones) is 1. The number of ether oxygens (including phenoxy) is 2. The molecule has 0 spiro atoms. The Morgan fingerprint density at radius 1 is 1.24 bits per heavy atom. The van der Waals surface area contributed by atoms with Crippen molar-refractivity contribution in [3.8, 4) is 5.88 Å². The van der Waals surface area contributed by atoms with Gasteiger partial charge in [-0.15, -0.1) is 0 Å². The average molecular weight is 472 g/mol. The topological polar surface area (TPSA) is 71.0 Å². The zero-order valence-electron chi connectivity index (χ0n) is 18.2. The number of anilines is 2. The van der Waals surface area contributed by atoms with E-state index >= 15 is 0 Å². The summed E-state index contributed by atoms with van der Waals surface area (Å²) in [7, 11) is 3.62. The quantitative estimate of drug-likeness (QED) is 0.544. The van der Waals surface area contributed by atoms with E-state index in [2.05, 4.69) is 19.8 Å². The third-order valence-electron chi connectivity index (χ3n) is 6.15. The Hall–Kier alpha value is -3.17. The Bertz CT molecular complexity index is 1210. The fourth-order valence-corrected chi connectivity index (χ4v) is 4.42. The molecule has 4 heterocycles. The van der Waals surface area contributed by atoms with Crippen LogP contribution in [0.1, 0.15) is 0 Å². The van der Waals surface area contributed by atoms with E-state index in [1.165, 1.54) is 23.1 Å². The number of benzene rings is 1. The number of rotatable bonds is 6. The zero-order valence-corrected chi connectivity index (χ0v) is 19.0. The third-order valence-corrected chi connectivity index (χ3v) is 6.44.